The highest BCUT2D eigenvalue weighted by Crippen LogP contribution is 2.28. The van der Waals surface area contributed by atoms with Gasteiger partial charge in [-0.2, -0.15) is 0 Å². The summed E-state index contributed by atoms with van der Waals surface area (Å²) in [5, 5.41) is 0. The molecule has 106 valence electrons. The molecule has 0 aliphatic carbocycles. The van der Waals surface area contributed by atoms with E-state index in [-0.39, 0.29) is 6.61 Å². The average Bonchev–Trinajstić information content (AvgIpc) is 2.27. The van der Waals surface area contributed by atoms with E-state index in [2.05, 4.69) is 0 Å². The molecule has 0 saturated carbocycles. The summed E-state index contributed by atoms with van der Waals surface area (Å²) in [6.07, 6.45) is -0.512. The van der Waals surface area contributed by atoms with Gasteiger partial charge < -0.3 is 9.47 Å². The van der Waals surface area contributed by atoms with Crippen LogP contribution in [0.4, 0.5) is 0 Å². The van der Waals surface area contributed by atoms with Crippen molar-refractivity contribution in [1.82, 2.24) is 0 Å². The molecule has 0 saturated heterocycles. The summed E-state index contributed by atoms with van der Waals surface area (Å²) < 4.78 is 8.53. The molecule has 1 unspecified atom stereocenters. The zero-order chi connectivity index (χ0) is 14.6. The van der Waals surface area contributed by atoms with Crippen LogP contribution in [-0.4, -0.2) is 22.5 Å². The maximum absolute atomic E-state index is 11.3. The van der Waals surface area contributed by atoms with Gasteiger partial charge in [0.2, 0.25) is 0 Å². The van der Waals surface area contributed by atoms with E-state index >= 15 is 0 Å². The predicted molar refractivity (Wildman–Crippen MR) is 77.3 cm³/mol. The van der Waals surface area contributed by atoms with E-state index in [1.165, 1.54) is 0 Å². The van der Waals surface area contributed by atoms with Crippen LogP contribution in [0.2, 0.25) is 0 Å². The summed E-state index contributed by atoms with van der Waals surface area (Å²) in [5.74, 6) is -0.130. The Morgan fingerprint density at radius 1 is 1.26 bits per heavy atom. The standard InChI is InChI=1S/C13H15Cl3O3/c1-8-5-4-6-9(2)11(8)18-7-10(3)19-12(17)13(14,15)16/h4-6,10H,7H2,1-3H3. The average molecular weight is 326 g/mol. The molecule has 1 atom stereocenters. The molecule has 1 aromatic carbocycles. The minimum Gasteiger partial charge on any atom is -0.489 e. The van der Waals surface area contributed by atoms with E-state index in [1.807, 2.05) is 32.0 Å². The van der Waals surface area contributed by atoms with Gasteiger partial charge in [0.25, 0.3) is 3.79 Å². The smallest absolute Gasteiger partial charge is 0.358 e. The molecule has 0 spiro atoms. The highest BCUT2D eigenvalue weighted by molar-refractivity contribution is 6.75. The molecule has 0 aromatic heterocycles. The fraction of sp³-hybridized carbons (Fsp3) is 0.462. The van der Waals surface area contributed by atoms with Crippen LogP contribution in [0.15, 0.2) is 18.2 Å². The number of carbonyl (C=O) groups is 1. The molecule has 0 bridgehead atoms. The molecule has 1 rings (SSSR count). The minimum absolute atomic E-state index is 0.193. The molecule has 3 nitrogen and oxygen atoms in total. The number of carbonyl (C=O) groups excluding carboxylic acids is 1. The van der Waals surface area contributed by atoms with Gasteiger partial charge in [-0.15, -0.1) is 0 Å². The largest absolute Gasteiger partial charge is 0.489 e. The van der Waals surface area contributed by atoms with Gasteiger partial charge in [0, 0.05) is 0 Å². The highest BCUT2D eigenvalue weighted by atomic mass is 35.6. The minimum atomic E-state index is -2.06. The Hall–Kier alpha value is -0.640. The Labute approximate surface area is 127 Å². The van der Waals surface area contributed by atoms with E-state index < -0.39 is 15.9 Å². The topological polar surface area (TPSA) is 35.5 Å². The van der Waals surface area contributed by atoms with Gasteiger partial charge in [0.1, 0.15) is 18.5 Å². The lowest BCUT2D eigenvalue weighted by molar-refractivity contribution is -0.148. The molecule has 0 aliphatic rings. The van der Waals surface area contributed by atoms with Crippen molar-refractivity contribution < 1.29 is 14.3 Å². The van der Waals surface area contributed by atoms with Crippen molar-refractivity contribution in [1.29, 1.82) is 0 Å². The molecule has 0 radical (unpaired) electrons. The first-order valence-corrected chi connectivity index (χ1v) is 6.82. The molecular formula is C13H15Cl3O3. The second-order valence-electron chi connectivity index (χ2n) is 4.25. The van der Waals surface area contributed by atoms with Gasteiger partial charge in [-0.05, 0) is 31.9 Å². The van der Waals surface area contributed by atoms with Crippen molar-refractivity contribution in [2.75, 3.05) is 6.61 Å². The Morgan fingerprint density at radius 2 is 1.79 bits per heavy atom. The second-order valence-corrected chi connectivity index (χ2v) is 6.53. The predicted octanol–water partition coefficient (Wildman–Crippen LogP) is 3.98. The van der Waals surface area contributed by atoms with E-state index in [0.717, 1.165) is 16.9 Å². The molecule has 6 heteroatoms. The summed E-state index contributed by atoms with van der Waals surface area (Å²) in [5.41, 5.74) is 2.03. The third-order valence-electron chi connectivity index (χ3n) is 2.41. The van der Waals surface area contributed by atoms with Crippen molar-refractivity contribution in [3.05, 3.63) is 29.3 Å². The van der Waals surface area contributed by atoms with Crippen LogP contribution in [0.1, 0.15) is 18.1 Å². The Kier molecular flexibility index (Phi) is 5.78. The van der Waals surface area contributed by atoms with Gasteiger partial charge in [0.15, 0.2) is 0 Å². The molecule has 0 amide bonds. The van der Waals surface area contributed by atoms with Crippen molar-refractivity contribution in [3.8, 4) is 5.75 Å². The number of benzene rings is 1. The van der Waals surface area contributed by atoms with Crippen molar-refractivity contribution in [3.63, 3.8) is 0 Å². The number of para-hydroxylation sites is 1. The van der Waals surface area contributed by atoms with E-state index in [9.17, 15) is 4.79 Å². The SMILES string of the molecule is Cc1cccc(C)c1OCC(C)OC(=O)C(Cl)(Cl)Cl. The summed E-state index contributed by atoms with van der Waals surface area (Å²) in [6, 6.07) is 5.84. The number of esters is 1. The monoisotopic (exact) mass is 324 g/mol. The number of alkyl halides is 3. The van der Waals surface area contributed by atoms with Gasteiger partial charge >= 0.3 is 5.97 Å². The summed E-state index contributed by atoms with van der Waals surface area (Å²) in [7, 11) is 0. The van der Waals surface area contributed by atoms with Gasteiger partial charge in [-0.25, -0.2) is 4.79 Å². The molecule has 1 aromatic rings. The molecule has 0 aliphatic heterocycles. The van der Waals surface area contributed by atoms with Crippen LogP contribution in [0.3, 0.4) is 0 Å². The lowest BCUT2D eigenvalue weighted by Gasteiger charge is -2.18. The first-order chi connectivity index (χ1) is 8.71. The third kappa shape index (κ3) is 5.09. The number of hydrogen-bond acceptors (Lipinski definition) is 3. The zero-order valence-corrected chi connectivity index (χ0v) is 13.1. The molecule has 0 fully saturated rings. The summed E-state index contributed by atoms with van der Waals surface area (Å²) in [4.78, 5) is 11.3. The van der Waals surface area contributed by atoms with Crippen LogP contribution in [0, 0.1) is 13.8 Å². The zero-order valence-electron chi connectivity index (χ0n) is 10.9. The van der Waals surface area contributed by atoms with Gasteiger partial charge in [0.05, 0.1) is 0 Å². The fourth-order valence-corrected chi connectivity index (χ4v) is 1.64. The maximum Gasteiger partial charge on any atom is 0.358 e. The lowest BCUT2D eigenvalue weighted by atomic mass is 10.1. The summed E-state index contributed by atoms with van der Waals surface area (Å²) in [6.45, 7) is 5.75. The quantitative estimate of drug-likeness (QED) is 0.620. The van der Waals surface area contributed by atoms with Crippen LogP contribution >= 0.6 is 34.8 Å². The number of hydrogen-bond donors (Lipinski definition) is 0. The number of halogens is 3. The Morgan fingerprint density at radius 3 is 2.26 bits per heavy atom. The first-order valence-electron chi connectivity index (χ1n) is 5.68. The normalized spacial score (nSPS) is 12.9. The molecular weight excluding hydrogens is 310 g/mol. The Bertz CT molecular complexity index is 435. The van der Waals surface area contributed by atoms with Crippen molar-refractivity contribution >= 4 is 40.8 Å². The fourth-order valence-electron chi connectivity index (χ4n) is 1.51. The van der Waals surface area contributed by atoms with Crippen molar-refractivity contribution in [2.45, 2.75) is 30.7 Å². The third-order valence-corrected chi connectivity index (χ3v) is 2.87. The second kappa shape index (κ2) is 6.69. The first kappa shape index (κ1) is 16.4. The van der Waals surface area contributed by atoms with Gasteiger partial charge in [-0.1, -0.05) is 53.0 Å². The molecule has 19 heavy (non-hydrogen) atoms. The summed E-state index contributed by atoms with van der Waals surface area (Å²) >= 11 is 16.2. The van der Waals surface area contributed by atoms with Gasteiger partial charge in [-0.3, -0.25) is 0 Å². The van der Waals surface area contributed by atoms with Crippen LogP contribution in [-0.2, 0) is 9.53 Å². The van der Waals surface area contributed by atoms with Crippen LogP contribution in [0.25, 0.3) is 0 Å². The highest BCUT2D eigenvalue weighted by Gasteiger charge is 2.33. The van der Waals surface area contributed by atoms with Crippen LogP contribution in [0.5, 0.6) is 5.75 Å². The van der Waals surface area contributed by atoms with E-state index in [0.29, 0.717) is 0 Å². The lowest BCUT2D eigenvalue weighted by Crippen LogP contribution is -2.29. The van der Waals surface area contributed by atoms with Crippen molar-refractivity contribution in [2.24, 2.45) is 0 Å². The Balaban J connectivity index is 2.56. The van der Waals surface area contributed by atoms with E-state index in [4.69, 9.17) is 44.3 Å². The number of ether oxygens (including phenoxy) is 2. The number of rotatable bonds is 4. The van der Waals surface area contributed by atoms with E-state index in [1.54, 1.807) is 6.92 Å². The van der Waals surface area contributed by atoms with Crippen LogP contribution < -0.4 is 4.74 Å². The maximum atomic E-state index is 11.3. The number of aryl methyl sites for hydroxylation is 2. The molecule has 0 N–H and O–H groups in total. The molecule has 0 heterocycles.